The number of anilines is 1. The SMILES string of the molecule is O=C(Cc1ccc(Oc2ccc3ncc(N4CCNCC4)nc3c2)cc1)Cc1ccc(F)c(C(F)(F)F)c1. The van der Waals surface area contributed by atoms with Crippen LogP contribution in [0, 0.1) is 5.82 Å². The second kappa shape index (κ2) is 10.7. The van der Waals surface area contributed by atoms with Crippen LogP contribution in [0.3, 0.4) is 0 Å². The molecule has 1 N–H and O–H groups in total. The zero-order valence-electron chi connectivity index (χ0n) is 20.3. The van der Waals surface area contributed by atoms with Crippen molar-refractivity contribution in [2.75, 3.05) is 31.1 Å². The van der Waals surface area contributed by atoms with E-state index in [2.05, 4.69) is 15.2 Å². The third-order valence-corrected chi connectivity index (χ3v) is 6.24. The summed E-state index contributed by atoms with van der Waals surface area (Å²) >= 11 is 0. The van der Waals surface area contributed by atoms with Crippen molar-refractivity contribution in [3.8, 4) is 11.5 Å². The highest BCUT2D eigenvalue weighted by atomic mass is 19.4. The van der Waals surface area contributed by atoms with Gasteiger partial charge in [0.1, 0.15) is 28.9 Å². The van der Waals surface area contributed by atoms with Gasteiger partial charge in [0, 0.05) is 45.1 Å². The maximum Gasteiger partial charge on any atom is 0.419 e. The first-order chi connectivity index (χ1) is 18.2. The minimum absolute atomic E-state index is 0.0272. The molecule has 0 aliphatic carbocycles. The van der Waals surface area contributed by atoms with Crippen LogP contribution in [0.15, 0.2) is 66.9 Å². The van der Waals surface area contributed by atoms with Gasteiger partial charge < -0.3 is 15.0 Å². The summed E-state index contributed by atoms with van der Waals surface area (Å²) in [7, 11) is 0. The van der Waals surface area contributed by atoms with Crippen LogP contribution in [0.25, 0.3) is 11.0 Å². The number of alkyl halides is 3. The van der Waals surface area contributed by atoms with Crippen LogP contribution in [0.2, 0.25) is 0 Å². The summed E-state index contributed by atoms with van der Waals surface area (Å²) < 4.78 is 58.2. The Hall–Kier alpha value is -4.05. The van der Waals surface area contributed by atoms with Gasteiger partial charge in [-0.2, -0.15) is 13.2 Å². The highest BCUT2D eigenvalue weighted by molar-refractivity contribution is 5.83. The van der Waals surface area contributed by atoms with Gasteiger partial charge in [-0.05, 0) is 47.5 Å². The molecule has 1 saturated heterocycles. The number of ether oxygens (including phenoxy) is 1. The molecule has 0 amide bonds. The lowest BCUT2D eigenvalue weighted by molar-refractivity contribution is -0.140. The first-order valence-corrected chi connectivity index (χ1v) is 12.1. The second-order valence-corrected chi connectivity index (χ2v) is 9.07. The minimum atomic E-state index is -4.82. The number of fused-ring (bicyclic) bond motifs is 1. The number of nitrogens with zero attached hydrogens (tertiary/aromatic N) is 3. The highest BCUT2D eigenvalue weighted by Gasteiger charge is 2.34. The van der Waals surface area contributed by atoms with Crippen molar-refractivity contribution in [2.24, 2.45) is 0 Å². The van der Waals surface area contributed by atoms with Crippen molar-refractivity contribution in [3.63, 3.8) is 0 Å². The Morgan fingerprint density at radius 1 is 0.895 bits per heavy atom. The molecule has 1 aromatic heterocycles. The molecule has 38 heavy (non-hydrogen) atoms. The summed E-state index contributed by atoms with van der Waals surface area (Å²) in [5.41, 5.74) is 0.904. The van der Waals surface area contributed by atoms with E-state index in [1.165, 1.54) is 6.07 Å². The summed E-state index contributed by atoms with van der Waals surface area (Å²) in [5, 5.41) is 3.31. The van der Waals surface area contributed by atoms with E-state index in [4.69, 9.17) is 9.72 Å². The van der Waals surface area contributed by atoms with E-state index >= 15 is 0 Å². The molecule has 0 spiro atoms. The van der Waals surface area contributed by atoms with Gasteiger partial charge in [-0.3, -0.25) is 9.78 Å². The summed E-state index contributed by atoms with van der Waals surface area (Å²) in [6, 6.07) is 15.0. The molecular weight excluding hydrogens is 500 g/mol. The Morgan fingerprint density at radius 2 is 1.58 bits per heavy atom. The molecule has 10 heteroatoms. The largest absolute Gasteiger partial charge is 0.457 e. The molecule has 5 rings (SSSR count). The van der Waals surface area contributed by atoms with E-state index in [9.17, 15) is 22.4 Å². The number of halogens is 4. The molecule has 1 fully saturated rings. The molecule has 0 saturated carbocycles. The van der Waals surface area contributed by atoms with E-state index in [-0.39, 0.29) is 24.2 Å². The van der Waals surface area contributed by atoms with Crippen LogP contribution in [0.5, 0.6) is 11.5 Å². The Morgan fingerprint density at radius 3 is 2.32 bits per heavy atom. The fourth-order valence-electron chi connectivity index (χ4n) is 4.32. The number of Topliss-reactive ketones (excluding diaryl/α,β-unsaturated/α-hetero) is 1. The van der Waals surface area contributed by atoms with Crippen LogP contribution in [-0.4, -0.2) is 41.9 Å². The minimum Gasteiger partial charge on any atom is -0.457 e. The third-order valence-electron chi connectivity index (χ3n) is 6.24. The van der Waals surface area contributed by atoms with Crippen LogP contribution in [-0.2, 0) is 23.8 Å². The number of piperazine rings is 1. The lowest BCUT2D eigenvalue weighted by Crippen LogP contribution is -2.43. The number of aromatic nitrogens is 2. The molecule has 1 aliphatic heterocycles. The molecule has 0 radical (unpaired) electrons. The van der Waals surface area contributed by atoms with Crippen LogP contribution >= 0.6 is 0 Å². The molecule has 1 aliphatic rings. The molecule has 196 valence electrons. The van der Waals surface area contributed by atoms with Gasteiger partial charge in [0.05, 0.1) is 22.8 Å². The Bertz CT molecular complexity index is 1450. The summed E-state index contributed by atoms with van der Waals surface area (Å²) in [6.45, 7) is 3.53. The van der Waals surface area contributed by atoms with Crippen LogP contribution < -0.4 is 15.0 Å². The molecule has 0 bridgehead atoms. The first kappa shape index (κ1) is 25.6. The van der Waals surface area contributed by atoms with Gasteiger partial charge in [-0.15, -0.1) is 0 Å². The fraction of sp³-hybridized carbons (Fsp3) is 0.250. The maximum atomic E-state index is 13.5. The van der Waals surface area contributed by atoms with Gasteiger partial charge in [0.25, 0.3) is 0 Å². The van der Waals surface area contributed by atoms with E-state index in [1.54, 1.807) is 36.5 Å². The van der Waals surface area contributed by atoms with Crippen molar-refractivity contribution in [1.82, 2.24) is 15.3 Å². The van der Waals surface area contributed by atoms with Crippen LogP contribution in [0.1, 0.15) is 16.7 Å². The quantitative estimate of drug-likeness (QED) is 0.329. The van der Waals surface area contributed by atoms with Crippen molar-refractivity contribution in [2.45, 2.75) is 19.0 Å². The number of rotatable bonds is 7. The zero-order valence-corrected chi connectivity index (χ0v) is 20.3. The number of carbonyl (C=O) groups excluding carboxylic acids is 1. The molecule has 2 heterocycles. The third kappa shape index (κ3) is 6.08. The summed E-state index contributed by atoms with van der Waals surface area (Å²) in [6.07, 6.45) is -3.24. The maximum absolute atomic E-state index is 13.5. The Balaban J connectivity index is 1.22. The average molecular weight is 525 g/mol. The number of hydrogen-bond acceptors (Lipinski definition) is 6. The van der Waals surface area contributed by atoms with Crippen molar-refractivity contribution in [1.29, 1.82) is 0 Å². The number of ketones is 1. The fourth-order valence-corrected chi connectivity index (χ4v) is 4.32. The number of nitrogens with one attached hydrogen (secondary N) is 1. The Kier molecular flexibility index (Phi) is 7.24. The molecule has 0 atom stereocenters. The molecule has 4 aromatic rings. The van der Waals surface area contributed by atoms with Gasteiger partial charge in [-0.1, -0.05) is 18.2 Å². The summed E-state index contributed by atoms with van der Waals surface area (Å²) in [5.74, 6) is 0.319. The average Bonchev–Trinajstić information content (AvgIpc) is 2.90. The monoisotopic (exact) mass is 524 g/mol. The number of hydrogen-bond donors (Lipinski definition) is 1. The molecular formula is C28H24F4N4O2. The van der Waals surface area contributed by atoms with E-state index in [0.717, 1.165) is 49.1 Å². The zero-order chi connectivity index (χ0) is 26.7. The predicted molar refractivity (Wildman–Crippen MR) is 135 cm³/mol. The van der Waals surface area contributed by atoms with Gasteiger partial charge in [0.15, 0.2) is 0 Å². The lowest BCUT2D eigenvalue weighted by Gasteiger charge is -2.28. The van der Waals surface area contributed by atoms with Crippen LogP contribution in [0.4, 0.5) is 23.4 Å². The van der Waals surface area contributed by atoms with Crippen molar-refractivity contribution < 1.29 is 27.1 Å². The van der Waals surface area contributed by atoms with Gasteiger partial charge in [-0.25, -0.2) is 9.37 Å². The molecule has 6 nitrogen and oxygen atoms in total. The van der Waals surface area contributed by atoms with Crippen molar-refractivity contribution >= 4 is 22.6 Å². The Labute approximate surface area is 216 Å². The van der Waals surface area contributed by atoms with E-state index in [0.29, 0.717) is 23.1 Å². The smallest absolute Gasteiger partial charge is 0.419 e. The first-order valence-electron chi connectivity index (χ1n) is 12.1. The predicted octanol–water partition coefficient (Wildman–Crippen LogP) is 5.34. The molecule has 3 aromatic carbocycles. The second-order valence-electron chi connectivity index (χ2n) is 9.07. The van der Waals surface area contributed by atoms with Gasteiger partial charge in [0.2, 0.25) is 0 Å². The lowest BCUT2D eigenvalue weighted by atomic mass is 10.0. The van der Waals surface area contributed by atoms with E-state index in [1.807, 2.05) is 12.1 Å². The molecule has 0 unspecified atom stereocenters. The normalized spacial score (nSPS) is 14.1. The van der Waals surface area contributed by atoms with E-state index < -0.39 is 17.6 Å². The number of benzene rings is 3. The van der Waals surface area contributed by atoms with Gasteiger partial charge >= 0.3 is 6.18 Å². The summed E-state index contributed by atoms with van der Waals surface area (Å²) in [4.78, 5) is 23.9. The number of carbonyl (C=O) groups is 1. The topological polar surface area (TPSA) is 67.3 Å². The van der Waals surface area contributed by atoms with Crippen molar-refractivity contribution in [3.05, 3.63) is 89.4 Å². The highest BCUT2D eigenvalue weighted by Crippen LogP contribution is 2.32. The standard InChI is InChI=1S/C28H24F4N4O2/c29-24-7-3-19(15-23(24)28(30,31)32)14-20(37)13-18-1-4-21(5-2-18)38-22-6-8-25-26(16-22)35-27(17-34-25)36-11-9-33-10-12-36/h1-8,15-17,33H,9-14H2.